The van der Waals surface area contributed by atoms with Crippen molar-refractivity contribution in [2.24, 2.45) is 0 Å². The van der Waals surface area contributed by atoms with Crippen molar-refractivity contribution in [3.8, 4) is 6.07 Å². The Morgan fingerprint density at radius 2 is 1.85 bits per heavy atom. The fraction of sp³-hybridized carbons (Fsp3) is 0.125. The minimum Gasteiger partial charge on any atom is -0.319 e. The molecule has 0 atom stereocenters. The molecule has 0 aliphatic carbocycles. The van der Waals surface area contributed by atoms with Crippen molar-refractivity contribution in [1.82, 2.24) is 0 Å². The molecule has 100 valence electrons. The molecular formula is C16H13FN2O. The molecule has 0 aliphatic rings. The van der Waals surface area contributed by atoms with Gasteiger partial charge in [0.15, 0.2) is 0 Å². The highest BCUT2D eigenvalue weighted by atomic mass is 19.1. The van der Waals surface area contributed by atoms with Gasteiger partial charge in [-0.2, -0.15) is 5.26 Å². The van der Waals surface area contributed by atoms with Crippen molar-refractivity contribution in [2.45, 2.75) is 13.8 Å². The number of carbonyl (C=O) groups excluding carboxylic acids is 1. The van der Waals surface area contributed by atoms with Gasteiger partial charge < -0.3 is 5.32 Å². The monoisotopic (exact) mass is 268 g/mol. The predicted molar refractivity (Wildman–Crippen MR) is 75.0 cm³/mol. The largest absolute Gasteiger partial charge is 0.319 e. The Balaban J connectivity index is 2.31. The second-order valence-corrected chi connectivity index (χ2v) is 4.53. The quantitative estimate of drug-likeness (QED) is 0.905. The van der Waals surface area contributed by atoms with E-state index in [4.69, 9.17) is 5.26 Å². The van der Waals surface area contributed by atoms with Gasteiger partial charge in [-0.25, -0.2) is 4.39 Å². The van der Waals surface area contributed by atoms with Crippen molar-refractivity contribution >= 4 is 11.6 Å². The first-order chi connectivity index (χ1) is 9.52. The number of rotatable bonds is 2. The molecule has 1 amide bonds. The molecule has 0 unspecified atom stereocenters. The maximum atomic E-state index is 13.7. The fourth-order valence-electron chi connectivity index (χ4n) is 2.04. The summed E-state index contributed by atoms with van der Waals surface area (Å²) in [6, 6.07) is 11.3. The summed E-state index contributed by atoms with van der Waals surface area (Å²) in [4.78, 5) is 12.2. The SMILES string of the molecule is Cc1cccc(C)c1C(=O)Nc1ccc(C#N)cc1F. The third kappa shape index (κ3) is 2.67. The van der Waals surface area contributed by atoms with Gasteiger partial charge in [0.05, 0.1) is 17.3 Å². The number of nitriles is 1. The van der Waals surface area contributed by atoms with Crippen molar-refractivity contribution in [2.75, 3.05) is 5.32 Å². The number of aryl methyl sites for hydroxylation is 2. The van der Waals surface area contributed by atoms with E-state index in [1.165, 1.54) is 12.1 Å². The number of hydrogen-bond donors (Lipinski definition) is 1. The van der Waals surface area contributed by atoms with Gasteiger partial charge in [0.25, 0.3) is 5.91 Å². The molecule has 0 fully saturated rings. The van der Waals surface area contributed by atoms with Gasteiger partial charge in [0.1, 0.15) is 5.82 Å². The van der Waals surface area contributed by atoms with Crippen LogP contribution < -0.4 is 5.32 Å². The lowest BCUT2D eigenvalue weighted by molar-refractivity contribution is 0.102. The Hall–Kier alpha value is -2.67. The number of amides is 1. The highest BCUT2D eigenvalue weighted by Crippen LogP contribution is 2.19. The van der Waals surface area contributed by atoms with E-state index in [-0.39, 0.29) is 17.2 Å². The summed E-state index contributed by atoms with van der Waals surface area (Å²) in [7, 11) is 0. The highest BCUT2D eigenvalue weighted by Gasteiger charge is 2.14. The Bertz CT molecular complexity index is 697. The van der Waals surface area contributed by atoms with Crippen LogP contribution in [-0.2, 0) is 0 Å². The Kier molecular flexibility index (Phi) is 3.81. The third-order valence-corrected chi connectivity index (χ3v) is 3.05. The Morgan fingerprint density at radius 1 is 1.20 bits per heavy atom. The molecule has 0 radical (unpaired) electrons. The van der Waals surface area contributed by atoms with Crippen LogP contribution >= 0.6 is 0 Å². The molecule has 4 heteroatoms. The molecule has 1 N–H and O–H groups in total. The summed E-state index contributed by atoms with van der Waals surface area (Å²) < 4.78 is 13.7. The Labute approximate surface area is 116 Å². The lowest BCUT2D eigenvalue weighted by Gasteiger charge is -2.11. The molecule has 2 aromatic rings. The van der Waals surface area contributed by atoms with Crippen molar-refractivity contribution < 1.29 is 9.18 Å². The molecule has 0 saturated heterocycles. The molecule has 0 spiro atoms. The minimum absolute atomic E-state index is 0.0663. The van der Waals surface area contributed by atoms with E-state index in [0.29, 0.717) is 5.56 Å². The molecular weight excluding hydrogens is 255 g/mol. The fourth-order valence-corrected chi connectivity index (χ4v) is 2.04. The number of nitrogens with one attached hydrogen (secondary N) is 1. The number of hydrogen-bond acceptors (Lipinski definition) is 2. The van der Waals surface area contributed by atoms with E-state index in [9.17, 15) is 9.18 Å². The second kappa shape index (κ2) is 5.54. The predicted octanol–water partition coefficient (Wildman–Crippen LogP) is 3.57. The van der Waals surface area contributed by atoms with Crippen molar-refractivity contribution in [3.63, 3.8) is 0 Å². The number of nitrogens with zero attached hydrogens (tertiary/aromatic N) is 1. The van der Waals surface area contributed by atoms with Crippen molar-refractivity contribution in [3.05, 3.63) is 64.5 Å². The van der Waals surface area contributed by atoms with Crippen LogP contribution in [0.5, 0.6) is 0 Å². The average Bonchev–Trinajstić information content (AvgIpc) is 2.41. The van der Waals surface area contributed by atoms with Gasteiger partial charge in [-0.15, -0.1) is 0 Å². The minimum atomic E-state index is -0.622. The number of anilines is 1. The van der Waals surface area contributed by atoms with E-state index in [2.05, 4.69) is 5.32 Å². The van der Waals surface area contributed by atoms with Crippen LogP contribution in [0.4, 0.5) is 10.1 Å². The molecule has 0 bridgehead atoms. The normalized spacial score (nSPS) is 9.90. The van der Waals surface area contributed by atoms with E-state index in [1.54, 1.807) is 0 Å². The zero-order valence-corrected chi connectivity index (χ0v) is 11.2. The first kappa shape index (κ1) is 13.8. The van der Waals surface area contributed by atoms with Gasteiger partial charge in [0.2, 0.25) is 0 Å². The van der Waals surface area contributed by atoms with Gasteiger partial charge >= 0.3 is 0 Å². The number of benzene rings is 2. The summed E-state index contributed by atoms with van der Waals surface area (Å²) >= 11 is 0. The summed E-state index contributed by atoms with van der Waals surface area (Å²) in [5, 5.41) is 11.2. The second-order valence-electron chi connectivity index (χ2n) is 4.53. The van der Waals surface area contributed by atoms with Crippen LogP contribution in [0.15, 0.2) is 36.4 Å². The lowest BCUT2D eigenvalue weighted by atomic mass is 10.0. The van der Waals surface area contributed by atoms with Crippen LogP contribution in [0, 0.1) is 31.0 Å². The van der Waals surface area contributed by atoms with Gasteiger partial charge in [0, 0.05) is 5.56 Å². The van der Waals surface area contributed by atoms with Gasteiger partial charge in [-0.3, -0.25) is 4.79 Å². The van der Waals surface area contributed by atoms with Gasteiger partial charge in [-0.1, -0.05) is 18.2 Å². The van der Waals surface area contributed by atoms with E-state index < -0.39 is 5.82 Å². The zero-order chi connectivity index (χ0) is 14.7. The Morgan fingerprint density at radius 3 is 2.40 bits per heavy atom. The molecule has 3 nitrogen and oxygen atoms in total. The maximum Gasteiger partial charge on any atom is 0.256 e. The topological polar surface area (TPSA) is 52.9 Å². The summed E-state index contributed by atoms with van der Waals surface area (Å²) in [6.07, 6.45) is 0. The van der Waals surface area contributed by atoms with E-state index in [0.717, 1.165) is 17.2 Å². The smallest absolute Gasteiger partial charge is 0.256 e. The molecule has 2 rings (SSSR count). The van der Waals surface area contributed by atoms with E-state index >= 15 is 0 Å². The van der Waals surface area contributed by atoms with Crippen LogP contribution in [0.25, 0.3) is 0 Å². The zero-order valence-electron chi connectivity index (χ0n) is 11.2. The molecule has 20 heavy (non-hydrogen) atoms. The standard InChI is InChI=1S/C16H13FN2O/c1-10-4-3-5-11(2)15(10)16(20)19-14-7-6-12(9-18)8-13(14)17/h3-8H,1-2H3,(H,19,20). The summed E-state index contributed by atoms with van der Waals surface area (Å²) in [5.74, 6) is -0.979. The number of halogens is 1. The summed E-state index contributed by atoms with van der Waals surface area (Å²) in [5.41, 5.74) is 2.48. The van der Waals surface area contributed by atoms with Crippen LogP contribution in [0.3, 0.4) is 0 Å². The lowest BCUT2D eigenvalue weighted by Crippen LogP contribution is -2.15. The van der Waals surface area contributed by atoms with Crippen LogP contribution in [-0.4, -0.2) is 5.91 Å². The first-order valence-corrected chi connectivity index (χ1v) is 6.10. The first-order valence-electron chi connectivity index (χ1n) is 6.10. The van der Waals surface area contributed by atoms with Crippen molar-refractivity contribution in [1.29, 1.82) is 5.26 Å². The maximum absolute atomic E-state index is 13.7. The van der Waals surface area contributed by atoms with E-state index in [1.807, 2.05) is 38.1 Å². The third-order valence-electron chi connectivity index (χ3n) is 3.05. The molecule has 0 heterocycles. The number of carbonyl (C=O) groups is 1. The molecule has 0 saturated carbocycles. The highest BCUT2D eigenvalue weighted by molar-refractivity contribution is 6.06. The summed E-state index contributed by atoms with van der Waals surface area (Å²) in [6.45, 7) is 3.66. The van der Waals surface area contributed by atoms with Crippen LogP contribution in [0.2, 0.25) is 0 Å². The molecule has 0 aliphatic heterocycles. The molecule has 2 aromatic carbocycles. The van der Waals surface area contributed by atoms with Crippen LogP contribution in [0.1, 0.15) is 27.0 Å². The molecule has 0 aromatic heterocycles. The average molecular weight is 268 g/mol. The van der Waals surface area contributed by atoms with Gasteiger partial charge in [-0.05, 0) is 43.2 Å².